The van der Waals surface area contributed by atoms with E-state index in [9.17, 15) is 9.59 Å². The molecule has 0 fully saturated rings. The number of thiophene rings is 1. The Bertz CT molecular complexity index is 654. The average molecular weight is 328 g/mol. The highest BCUT2D eigenvalue weighted by Gasteiger charge is 2.12. The fourth-order valence-corrected chi connectivity index (χ4v) is 2.73. The van der Waals surface area contributed by atoms with Crippen LogP contribution in [0.5, 0.6) is 0 Å². The zero-order valence-electron chi connectivity index (χ0n) is 11.2. The topological polar surface area (TPSA) is 102 Å². The van der Waals surface area contributed by atoms with Crippen LogP contribution in [0.3, 0.4) is 0 Å². The number of nitrogens with zero attached hydrogens (tertiary/aromatic N) is 2. The van der Waals surface area contributed by atoms with Crippen LogP contribution in [0.1, 0.15) is 17.8 Å². The fourth-order valence-electron chi connectivity index (χ4n) is 1.67. The number of hydrogen-bond donors (Lipinski definition) is 3. The number of aromatic nitrogens is 2. The molecule has 3 amide bonds. The first-order chi connectivity index (χ1) is 9.94. The van der Waals surface area contributed by atoms with Crippen LogP contribution in [0.25, 0.3) is 0 Å². The van der Waals surface area contributed by atoms with E-state index in [1.165, 1.54) is 28.4 Å². The van der Waals surface area contributed by atoms with E-state index in [-0.39, 0.29) is 18.6 Å². The van der Waals surface area contributed by atoms with E-state index < -0.39 is 5.91 Å². The third-order valence-electron chi connectivity index (χ3n) is 2.58. The Morgan fingerprint density at radius 2 is 2.29 bits per heavy atom. The molecule has 2 aromatic heterocycles. The molecule has 2 rings (SSSR count). The number of hydrogen-bond acceptors (Lipinski definition) is 4. The van der Waals surface area contributed by atoms with Crippen LogP contribution in [-0.2, 0) is 11.3 Å². The molecule has 4 N–H and O–H groups in total. The molecular formula is C12H14ClN5O2S. The van der Waals surface area contributed by atoms with E-state index in [0.29, 0.717) is 10.0 Å². The van der Waals surface area contributed by atoms with Gasteiger partial charge in [0.1, 0.15) is 6.54 Å². The van der Waals surface area contributed by atoms with E-state index >= 15 is 0 Å². The van der Waals surface area contributed by atoms with Crippen LogP contribution in [0.4, 0.5) is 10.5 Å². The molecule has 0 unspecified atom stereocenters. The normalized spacial score (nSPS) is 11.9. The Hall–Kier alpha value is -2.06. The molecule has 9 heteroatoms. The SMILES string of the molecule is C[C@H](NC(=O)Nc1cnn(CC(N)=O)c1)c1ccc(Cl)s1. The Kier molecular flexibility index (Phi) is 4.81. The van der Waals surface area contributed by atoms with Crippen LogP contribution in [0, 0.1) is 0 Å². The van der Waals surface area contributed by atoms with E-state index in [1.54, 1.807) is 6.07 Å². The zero-order chi connectivity index (χ0) is 15.4. The number of carbonyl (C=O) groups excluding carboxylic acids is 2. The van der Waals surface area contributed by atoms with Crippen molar-refractivity contribution >= 4 is 40.6 Å². The fraction of sp³-hybridized carbons (Fsp3) is 0.250. The Morgan fingerprint density at radius 1 is 1.52 bits per heavy atom. The van der Waals surface area contributed by atoms with E-state index in [4.69, 9.17) is 17.3 Å². The number of rotatable bonds is 5. The molecule has 0 bridgehead atoms. The zero-order valence-corrected chi connectivity index (χ0v) is 12.7. The number of anilines is 1. The second kappa shape index (κ2) is 6.59. The summed E-state index contributed by atoms with van der Waals surface area (Å²) in [6, 6.07) is 3.11. The molecule has 0 aromatic carbocycles. The lowest BCUT2D eigenvalue weighted by atomic mass is 10.3. The third kappa shape index (κ3) is 4.47. The van der Waals surface area contributed by atoms with E-state index in [0.717, 1.165) is 4.88 Å². The maximum atomic E-state index is 11.9. The van der Waals surface area contributed by atoms with Gasteiger partial charge in [-0.3, -0.25) is 9.48 Å². The molecule has 0 aliphatic heterocycles. The van der Waals surface area contributed by atoms with Crippen LogP contribution in [0.15, 0.2) is 24.5 Å². The minimum absolute atomic E-state index is 0.0343. The molecule has 2 aromatic rings. The summed E-state index contributed by atoms with van der Waals surface area (Å²) in [6.45, 7) is 1.83. The van der Waals surface area contributed by atoms with Gasteiger partial charge in [0.25, 0.3) is 0 Å². The molecule has 0 aliphatic carbocycles. The van der Waals surface area contributed by atoms with Crippen LogP contribution >= 0.6 is 22.9 Å². The molecule has 112 valence electrons. The van der Waals surface area contributed by atoms with Crippen molar-refractivity contribution in [2.75, 3.05) is 5.32 Å². The standard InChI is InChI=1S/C12H14ClN5O2S/c1-7(9-2-3-10(13)21-9)16-12(20)17-8-4-15-18(5-8)6-11(14)19/h2-5,7H,6H2,1H3,(H2,14,19)(H2,16,17,20)/t7-/m0/s1. The van der Waals surface area contributed by atoms with Crippen LogP contribution in [-0.4, -0.2) is 21.7 Å². The number of nitrogens with one attached hydrogen (secondary N) is 2. The summed E-state index contributed by atoms with van der Waals surface area (Å²) in [5, 5.41) is 9.32. The summed E-state index contributed by atoms with van der Waals surface area (Å²) in [6.07, 6.45) is 2.96. The maximum absolute atomic E-state index is 11.9. The molecule has 0 saturated carbocycles. The van der Waals surface area contributed by atoms with Crippen molar-refractivity contribution in [1.82, 2.24) is 15.1 Å². The number of primary amides is 1. The molecule has 7 nitrogen and oxygen atoms in total. The van der Waals surface area contributed by atoms with Crippen molar-refractivity contribution in [2.24, 2.45) is 5.73 Å². The van der Waals surface area contributed by atoms with Gasteiger partial charge in [0.05, 0.1) is 22.3 Å². The monoisotopic (exact) mass is 327 g/mol. The van der Waals surface area contributed by atoms with Crippen LogP contribution < -0.4 is 16.4 Å². The first-order valence-corrected chi connectivity index (χ1v) is 7.27. The summed E-state index contributed by atoms with van der Waals surface area (Å²) in [5.74, 6) is -0.503. The van der Waals surface area contributed by atoms with Gasteiger partial charge in [-0.05, 0) is 19.1 Å². The summed E-state index contributed by atoms with van der Waals surface area (Å²) in [7, 11) is 0. The molecule has 0 aliphatic rings. The van der Waals surface area contributed by atoms with Crippen molar-refractivity contribution in [3.8, 4) is 0 Å². The van der Waals surface area contributed by atoms with Crippen molar-refractivity contribution < 1.29 is 9.59 Å². The summed E-state index contributed by atoms with van der Waals surface area (Å²) >= 11 is 7.27. The number of nitrogens with two attached hydrogens (primary N) is 1. The van der Waals surface area contributed by atoms with Crippen molar-refractivity contribution in [2.45, 2.75) is 19.5 Å². The minimum Gasteiger partial charge on any atom is -0.368 e. The summed E-state index contributed by atoms with van der Waals surface area (Å²) in [4.78, 5) is 23.6. The van der Waals surface area contributed by atoms with Gasteiger partial charge in [0.15, 0.2) is 0 Å². The molecule has 0 radical (unpaired) electrons. The highest BCUT2D eigenvalue weighted by molar-refractivity contribution is 7.16. The molecule has 2 heterocycles. The van der Waals surface area contributed by atoms with E-state index in [2.05, 4.69) is 15.7 Å². The Labute approximate surface area is 130 Å². The highest BCUT2D eigenvalue weighted by Crippen LogP contribution is 2.26. The number of halogens is 1. The summed E-state index contributed by atoms with van der Waals surface area (Å²) < 4.78 is 2.02. The number of carbonyl (C=O) groups is 2. The van der Waals surface area contributed by atoms with Gasteiger partial charge in [-0.25, -0.2) is 4.79 Å². The predicted molar refractivity (Wildman–Crippen MR) is 81.3 cm³/mol. The molecule has 1 atom stereocenters. The Morgan fingerprint density at radius 3 is 2.90 bits per heavy atom. The first kappa shape index (κ1) is 15.3. The van der Waals surface area contributed by atoms with Crippen LogP contribution in [0.2, 0.25) is 4.34 Å². The van der Waals surface area contributed by atoms with Crippen molar-refractivity contribution in [3.05, 3.63) is 33.7 Å². The number of amides is 3. The second-order valence-electron chi connectivity index (χ2n) is 4.35. The average Bonchev–Trinajstić information content (AvgIpc) is 2.98. The lowest BCUT2D eigenvalue weighted by Gasteiger charge is -2.12. The molecular weight excluding hydrogens is 314 g/mol. The van der Waals surface area contributed by atoms with Gasteiger partial charge < -0.3 is 16.4 Å². The van der Waals surface area contributed by atoms with Gasteiger partial charge in [0, 0.05) is 11.1 Å². The first-order valence-electron chi connectivity index (χ1n) is 6.07. The summed E-state index contributed by atoms with van der Waals surface area (Å²) in [5.41, 5.74) is 5.54. The quantitative estimate of drug-likeness (QED) is 0.782. The Balaban J connectivity index is 1.89. The lowest BCUT2D eigenvalue weighted by molar-refractivity contribution is -0.118. The van der Waals surface area contributed by atoms with Gasteiger partial charge in [-0.15, -0.1) is 11.3 Å². The highest BCUT2D eigenvalue weighted by atomic mass is 35.5. The van der Waals surface area contributed by atoms with Crippen molar-refractivity contribution in [3.63, 3.8) is 0 Å². The smallest absolute Gasteiger partial charge is 0.319 e. The molecule has 21 heavy (non-hydrogen) atoms. The van der Waals surface area contributed by atoms with Gasteiger partial charge in [0.2, 0.25) is 5.91 Å². The van der Waals surface area contributed by atoms with Crippen molar-refractivity contribution in [1.29, 1.82) is 0 Å². The third-order valence-corrected chi connectivity index (χ3v) is 3.99. The second-order valence-corrected chi connectivity index (χ2v) is 6.10. The van der Waals surface area contributed by atoms with Gasteiger partial charge in [-0.1, -0.05) is 11.6 Å². The van der Waals surface area contributed by atoms with Gasteiger partial charge >= 0.3 is 6.03 Å². The van der Waals surface area contributed by atoms with E-state index in [1.807, 2.05) is 13.0 Å². The molecule has 0 saturated heterocycles. The maximum Gasteiger partial charge on any atom is 0.319 e. The number of urea groups is 1. The lowest BCUT2D eigenvalue weighted by Crippen LogP contribution is -2.30. The van der Waals surface area contributed by atoms with Gasteiger partial charge in [-0.2, -0.15) is 5.10 Å². The molecule has 0 spiro atoms. The predicted octanol–water partition coefficient (Wildman–Crippen LogP) is 1.97. The minimum atomic E-state index is -0.503. The largest absolute Gasteiger partial charge is 0.368 e.